The van der Waals surface area contributed by atoms with Gasteiger partial charge in [-0.15, -0.1) is 0 Å². The van der Waals surface area contributed by atoms with Gasteiger partial charge in [0.05, 0.1) is 29.4 Å². The van der Waals surface area contributed by atoms with Crippen LogP contribution in [0.3, 0.4) is 0 Å². The summed E-state index contributed by atoms with van der Waals surface area (Å²) < 4.78 is 6.66. The third-order valence-electron chi connectivity index (χ3n) is 3.64. The maximum Gasteiger partial charge on any atom is 0.409 e. The van der Waals surface area contributed by atoms with Crippen molar-refractivity contribution in [1.82, 2.24) is 9.47 Å². The summed E-state index contributed by atoms with van der Waals surface area (Å²) in [5.41, 5.74) is 2.07. The van der Waals surface area contributed by atoms with Gasteiger partial charge in [0.25, 0.3) is 0 Å². The Morgan fingerprint density at radius 1 is 1.21 bits per heavy atom. The van der Waals surface area contributed by atoms with Gasteiger partial charge in [-0.2, -0.15) is 0 Å². The van der Waals surface area contributed by atoms with Crippen LogP contribution >= 0.6 is 23.2 Å². The van der Waals surface area contributed by atoms with Gasteiger partial charge in [0.2, 0.25) is 0 Å². The number of carbonyl (C=O) groups is 1. The number of pyridine rings is 1. The quantitative estimate of drug-likeness (QED) is 0.817. The number of methoxy groups -OCH3 is 1. The van der Waals surface area contributed by atoms with Gasteiger partial charge in [0.15, 0.2) is 5.43 Å². The highest BCUT2D eigenvalue weighted by molar-refractivity contribution is 6.42. The van der Waals surface area contributed by atoms with Gasteiger partial charge in [-0.3, -0.25) is 4.79 Å². The Bertz CT molecular complexity index is 818. The van der Waals surface area contributed by atoms with E-state index in [1.807, 2.05) is 17.6 Å². The lowest BCUT2D eigenvalue weighted by atomic mass is 10.1. The van der Waals surface area contributed by atoms with Crippen LogP contribution in [0.4, 0.5) is 4.79 Å². The average molecular weight is 369 g/mol. The van der Waals surface area contributed by atoms with E-state index in [-0.39, 0.29) is 12.0 Å². The molecule has 7 heteroatoms. The van der Waals surface area contributed by atoms with Crippen LogP contribution in [0.2, 0.25) is 10.0 Å². The van der Waals surface area contributed by atoms with Crippen molar-refractivity contribution < 1.29 is 9.53 Å². The van der Waals surface area contributed by atoms with E-state index in [0.29, 0.717) is 22.3 Å². The highest BCUT2D eigenvalue weighted by Crippen LogP contribution is 2.28. The Morgan fingerprint density at radius 2 is 1.92 bits per heavy atom. The molecule has 1 aromatic carbocycles. The largest absolute Gasteiger partial charge is 0.453 e. The van der Waals surface area contributed by atoms with Crippen molar-refractivity contribution in [3.63, 3.8) is 0 Å². The second-order valence-electron chi connectivity index (χ2n) is 5.27. The number of amides is 1. The highest BCUT2D eigenvalue weighted by Gasteiger charge is 2.14. The molecule has 5 nitrogen and oxygen atoms in total. The fourth-order valence-electron chi connectivity index (χ4n) is 2.51. The highest BCUT2D eigenvalue weighted by atomic mass is 35.5. The van der Waals surface area contributed by atoms with Crippen LogP contribution in [0, 0.1) is 0 Å². The van der Waals surface area contributed by atoms with Crippen molar-refractivity contribution in [2.24, 2.45) is 0 Å². The molecule has 0 saturated carbocycles. The Hall–Kier alpha value is -1.98. The van der Waals surface area contributed by atoms with Crippen LogP contribution < -0.4 is 5.43 Å². The number of carbonyl (C=O) groups excluding carboxylic acids is 1. The lowest BCUT2D eigenvalue weighted by Crippen LogP contribution is -2.28. The number of rotatable bonds is 4. The second-order valence-corrected chi connectivity index (χ2v) is 6.08. The van der Waals surface area contributed by atoms with Crippen LogP contribution in [0.25, 0.3) is 11.3 Å². The fourth-order valence-corrected chi connectivity index (χ4v) is 2.81. The first-order chi connectivity index (χ1) is 11.4. The molecule has 1 heterocycles. The monoisotopic (exact) mass is 368 g/mol. The minimum Gasteiger partial charge on any atom is -0.453 e. The predicted molar refractivity (Wildman–Crippen MR) is 95.7 cm³/mol. The van der Waals surface area contributed by atoms with E-state index in [2.05, 4.69) is 0 Å². The van der Waals surface area contributed by atoms with Crippen molar-refractivity contribution in [3.05, 3.63) is 56.3 Å². The molecule has 0 unspecified atom stereocenters. The average Bonchev–Trinajstić information content (AvgIpc) is 2.56. The minimum absolute atomic E-state index is 0.144. The molecule has 24 heavy (non-hydrogen) atoms. The lowest BCUT2D eigenvalue weighted by Gasteiger charge is -2.21. The summed E-state index contributed by atoms with van der Waals surface area (Å²) in [6.07, 6.45) is -0.468. The topological polar surface area (TPSA) is 51.5 Å². The van der Waals surface area contributed by atoms with E-state index in [1.165, 1.54) is 18.1 Å². The number of hydrogen-bond donors (Lipinski definition) is 0. The van der Waals surface area contributed by atoms with E-state index in [9.17, 15) is 9.59 Å². The Balaban J connectivity index is 2.55. The predicted octanol–water partition coefficient (Wildman–Crippen LogP) is 4.04. The SMILES string of the molecule is CCn1c(CN(C)C(=O)OC)cc(=O)cc1-c1ccc(Cl)c(Cl)c1. The van der Waals surface area contributed by atoms with E-state index >= 15 is 0 Å². The van der Waals surface area contributed by atoms with Crippen molar-refractivity contribution in [3.8, 4) is 11.3 Å². The molecule has 0 aliphatic rings. The van der Waals surface area contributed by atoms with E-state index < -0.39 is 6.09 Å². The van der Waals surface area contributed by atoms with Crippen LogP contribution in [0.5, 0.6) is 0 Å². The van der Waals surface area contributed by atoms with Gasteiger partial charge in [-0.25, -0.2) is 4.79 Å². The normalized spacial score (nSPS) is 10.5. The first-order valence-electron chi connectivity index (χ1n) is 7.35. The summed E-state index contributed by atoms with van der Waals surface area (Å²) >= 11 is 12.1. The molecule has 1 amide bonds. The van der Waals surface area contributed by atoms with Gasteiger partial charge >= 0.3 is 6.09 Å². The van der Waals surface area contributed by atoms with Crippen molar-refractivity contribution in [2.75, 3.05) is 14.2 Å². The molecule has 0 radical (unpaired) electrons. The summed E-state index contributed by atoms with van der Waals surface area (Å²) in [7, 11) is 2.93. The maximum absolute atomic E-state index is 12.1. The third kappa shape index (κ3) is 3.91. The number of hydrogen-bond acceptors (Lipinski definition) is 3. The summed E-state index contributed by atoms with van der Waals surface area (Å²) in [5.74, 6) is 0. The molecule has 0 N–H and O–H groups in total. The molecular formula is C17H18Cl2N2O3. The van der Waals surface area contributed by atoms with Crippen molar-refractivity contribution >= 4 is 29.3 Å². The van der Waals surface area contributed by atoms with Crippen LogP contribution in [-0.2, 0) is 17.8 Å². The zero-order valence-electron chi connectivity index (χ0n) is 13.7. The van der Waals surface area contributed by atoms with E-state index in [1.54, 1.807) is 25.2 Å². The molecule has 0 aliphatic carbocycles. The molecule has 0 aliphatic heterocycles. The zero-order chi connectivity index (χ0) is 17.9. The van der Waals surface area contributed by atoms with Crippen molar-refractivity contribution in [1.29, 1.82) is 0 Å². The van der Waals surface area contributed by atoms with Gasteiger partial charge in [-0.1, -0.05) is 29.3 Å². The smallest absolute Gasteiger partial charge is 0.409 e. The summed E-state index contributed by atoms with van der Waals surface area (Å²) in [5, 5.41) is 0.869. The molecule has 0 spiro atoms. The summed E-state index contributed by atoms with van der Waals surface area (Å²) in [6, 6.07) is 8.28. The first-order valence-corrected chi connectivity index (χ1v) is 8.11. The first kappa shape index (κ1) is 18.4. The van der Waals surface area contributed by atoms with Crippen LogP contribution in [0.1, 0.15) is 12.6 Å². The number of nitrogens with zero attached hydrogens (tertiary/aromatic N) is 2. The summed E-state index contributed by atoms with van der Waals surface area (Å²) in [6.45, 7) is 2.85. The Morgan fingerprint density at radius 3 is 2.50 bits per heavy atom. The maximum atomic E-state index is 12.1. The number of ether oxygens (including phenoxy) is 1. The zero-order valence-corrected chi connectivity index (χ0v) is 15.2. The molecule has 0 atom stereocenters. The molecule has 0 fully saturated rings. The number of benzene rings is 1. The van der Waals surface area contributed by atoms with Gasteiger partial charge < -0.3 is 14.2 Å². The van der Waals surface area contributed by atoms with Crippen LogP contribution in [0.15, 0.2) is 35.1 Å². The molecule has 0 saturated heterocycles. The van der Waals surface area contributed by atoms with Gasteiger partial charge in [-0.05, 0) is 24.6 Å². The minimum atomic E-state index is -0.468. The van der Waals surface area contributed by atoms with Crippen LogP contribution in [-0.4, -0.2) is 29.7 Å². The number of aromatic nitrogens is 1. The Kier molecular flexibility index (Phi) is 5.91. The van der Waals surface area contributed by atoms with Crippen molar-refractivity contribution in [2.45, 2.75) is 20.0 Å². The molecule has 0 bridgehead atoms. The molecule has 2 rings (SSSR count). The fraction of sp³-hybridized carbons (Fsp3) is 0.294. The molecule has 128 valence electrons. The second kappa shape index (κ2) is 7.73. The standard InChI is InChI=1S/C17H18Cl2N2O3/c1-4-21-12(10-20(2)17(23)24-3)8-13(22)9-16(21)11-5-6-14(18)15(19)7-11/h5-9H,4,10H2,1-3H3. The lowest BCUT2D eigenvalue weighted by molar-refractivity contribution is 0.130. The van der Waals surface area contributed by atoms with Gasteiger partial charge in [0, 0.05) is 31.4 Å². The Labute approximate surface area is 150 Å². The molecule has 1 aromatic heterocycles. The van der Waals surface area contributed by atoms with E-state index in [0.717, 1.165) is 11.3 Å². The summed E-state index contributed by atoms with van der Waals surface area (Å²) in [4.78, 5) is 25.1. The third-order valence-corrected chi connectivity index (χ3v) is 4.38. The van der Waals surface area contributed by atoms with E-state index in [4.69, 9.17) is 27.9 Å². The van der Waals surface area contributed by atoms with Gasteiger partial charge in [0.1, 0.15) is 0 Å². The molecule has 2 aromatic rings. The molecular weight excluding hydrogens is 351 g/mol. The number of halogens is 2.